The highest BCUT2D eigenvalue weighted by atomic mass is 16.3. The maximum absolute atomic E-state index is 10.0. The Hall–Kier alpha value is -1.57. The summed E-state index contributed by atoms with van der Waals surface area (Å²) in [5, 5.41) is 9.28. The van der Waals surface area contributed by atoms with Crippen molar-refractivity contribution in [2.45, 2.75) is 6.92 Å². The molecule has 0 bridgehead atoms. The Bertz CT molecular complexity index is 314. The van der Waals surface area contributed by atoms with Crippen LogP contribution in [0.1, 0.15) is 11.1 Å². The highest BCUT2D eigenvalue weighted by Gasteiger charge is 1.97. The minimum absolute atomic E-state index is 0.253. The number of phenolic OH excluding ortho intramolecular Hbond substituents is 1. The number of rotatable bonds is 2. The molecule has 1 rings (SSSR count). The standard InChI is InChI=1S/C10H10O2/c1-8-9(5-3-7-11)4-2-6-10(8)12/h2-7,12H,1H3/b5-3+. The summed E-state index contributed by atoms with van der Waals surface area (Å²) in [6, 6.07) is 5.20. The van der Waals surface area contributed by atoms with Crippen LogP contribution in [0.2, 0.25) is 0 Å². The van der Waals surface area contributed by atoms with Gasteiger partial charge in [-0.05, 0) is 30.2 Å². The quantitative estimate of drug-likeness (QED) is 0.532. The molecule has 0 unspecified atom stereocenters. The molecule has 1 N–H and O–H groups in total. The number of carbonyl (C=O) groups is 1. The van der Waals surface area contributed by atoms with E-state index in [1.165, 1.54) is 6.08 Å². The first-order chi connectivity index (χ1) is 5.75. The van der Waals surface area contributed by atoms with Crippen LogP contribution in [0.4, 0.5) is 0 Å². The van der Waals surface area contributed by atoms with Gasteiger partial charge in [-0.3, -0.25) is 4.79 Å². The van der Waals surface area contributed by atoms with Crippen LogP contribution in [0.5, 0.6) is 5.75 Å². The molecule has 12 heavy (non-hydrogen) atoms. The molecule has 0 aromatic heterocycles. The smallest absolute Gasteiger partial charge is 0.142 e. The fourth-order valence-corrected chi connectivity index (χ4v) is 0.964. The summed E-state index contributed by atoms with van der Waals surface area (Å²) < 4.78 is 0. The summed E-state index contributed by atoms with van der Waals surface area (Å²) in [4.78, 5) is 10.0. The number of phenols is 1. The Morgan fingerprint density at radius 2 is 2.17 bits per heavy atom. The van der Waals surface area contributed by atoms with E-state index in [1.54, 1.807) is 25.1 Å². The van der Waals surface area contributed by atoms with Crippen molar-refractivity contribution in [2.24, 2.45) is 0 Å². The van der Waals surface area contributed by atoms with Crippen molar-refractivity contribution in [3.8, 4) is 5.75 Å². The van der Waals surface area contributed by atoms with Gasteiger partial charge in [0, 0.05) is 0 Å². The molecule has 0 saturated carbocycles. The van der Waals surface area contributed by atoms with E-state index in [0.29, 0.717) is 6.29 Å². The molecule has 0 aliphatic carbocycles. The summed E-state index contributed by atoms with van der Waals surface area (Å²) in [7, 11) is 0. The van der Waals surface area contributed by atoms with Crippen LogP contribution in [-0.2, 0) is 4.79 Å². The predicted octanol–water partition coefficient (Wildman–Crippen LogP) is 1.91. The highest BCUT2D eigenvalue weighted by molar-refractivity contribution is 5.75. The Kier molecular flexibility index (Phi) is 2.64. The number of benzene rings is 1. The maximum atomic E-state index is 10.0. The van der Waals surface area contributed by atoms with E-state index < -0.39 is 0 Å². The van der Waals surface area contributed by atoms with Gasteiger partial charge in [0.05, 0.1) is 0 Å². The van der Waals surface area contributed by atoms with Crippen LogP contribution in [-0.4, -0.2) is 11.4 Å². The van der Waals surface area contributed by atoms with Gasteiger partial charge in [0.25, 0.3) is 0 Å². The third-order valence-corrected chi connectivity index (χ3v) is 1.70. The summed E-state index contributed by atoms with van der Waals surface area (Å²) >= 11 is 0. The Morgan fingerprint density at radius 3 is 2.83 bits per heavy atom. The van der Waals surface area contributed by atoms with E-state index in [2.05, 4.69) is 0 Å². The minimum atomic E-state index is 0.253. The van der Waals surface area contributed by atoms with Crippen LogP contribution in [0.25, 0.3) is 6.08 Å². The molecule has 0 heterocycles. The lowest BCUT2D eigenvalue weighted by Gasteiger charge is -2.01. The summed E-state index contributed by atoms with van der Waals surface area (Å²) in [5.74, 6) is 0.253. The third kappa shape index (κ3) is 1.72. The van der Waals surface area contributed by atoms with Crippen LogP contribution in [0.3, 0.4) is 0 Å². The fraction of sp³-hybridized carbons (Fsp3) is 0.100. The van der Waals surface area contributed by atoms with Gasteiger partial charge in [-0.2, -0.15) is 0 Å². The van der Waals surface area contributed by atoms with Gasteiger partial charge >= 0.3 is 0 Å². The largest absolute Gasteiger partial charge is 0.508 e. The topological polar surface area (TPSA) is 37.3 Å². The SMILES string of the molecule is Cc1c(O)cccc1/C=C/C=O. The maximum Gasteiger partial charge on any atom is 0.142 e. The molecule has 1 aromatic carbocycles. The van der Waals surface area contributed by atoms with Crippen LogP contribution >= 0.6 is 0 Å². The molecule has 1 aromatic rings. The van der Waals surface area contributed by atoms with Gasteiger partial charge in [-0.25, -0.2) is 0 Å². The zero-order valence-electron chi connectivity index (χ0n) is 6.82. The normalized spacial score (nSPS) is 10.4. The fourth-order valence-electron chi connectivity index (χ4n) is 0.964. The Labute approximate surface area is 71.2 Å². The molecule has 2 heteroatoms. The molecule has 0 aliphatic rings. The Balaban J connectivity index is 3.07. The average molecular weight is 162 g/mol. The van der Waals surface area contributed by atoms with Crippen molar-refractivity contribution in [1.29, 1.82) is 0 Å². The van der Waals surface area contributed by atoms with Gasteiger partial charge in [-0.1, -0.05) is 18.2 Å². The average Bonchev–Trinajstić information content (AvgIpc) is 2.08. The van der Waals surface area contributed by atoms with Gasteiger partial charge in [-0.15, -0.1) is 0 Å². The molecule has 0 aliphatic heterocycles. The molecule has 0 radical (unpaired) electrons. The first-order valence-electron chi connectivity index (χ1n) is 3.66. The Morgan fingerprint density at radius 1 is 1.42 bits per heavy atom. The van der Waals surface area contributed by atoms with Gasteiger partial charge < -0.3 is 5.11 Å². The van der Waals surface area contributed by atoms with Crippen molar-refractivity contribution in [2.75, 3.05) is 0 Å². The molecular weight excluding hydrogens is 152 g/mol. The predicted molar refractivity (Wildman–Crippen MR) is 47.9 cm³/mol. The highest BCUT2D eigenvalue weighted by Crippen LogP contribution is 2.20. The van der Waals surface area contributed by atoms with E-state index in [4.69, 9.17) is 0 Å². The lowest BCUT2D eigenvalue weighted by molar-refractivity contribution is -0.104. The van der Waals surface area contributed by atoms with E-state index in [-0.39, 0.29) is 5.75 Å². The summed E-state index contributed by atoms with van der Waals surface area (Å²) in [5.41, 5.74) is 1.65. The number of aldehydes is 1. The van der Waals surface area contributed by atoms with Gasteiger partial charge in [0.15, 0.2) is 0 Å². The van der Waals surface area contributed by atoms with Crippen LogP contribution < -0.4 is 0 Å². The minimum Gasteiger partial charge on any atom is -0.508 e. The number of allylic oxidation sites excluding steroid dienone is 1. The monoisotopic (exact) mass is 162 g/mol. The lowest BCUT2D eigenvalue weighted by Crippen LogP contribution is -1.80. The van der Waals surface area contributed by atoms with Crippen molar-refractivity contribution < 1.29 is 9.90 Å². The van der Waals surface area contributed by atoms with Crippen molar-refractivity contribution in [1.82, 2.24) is 0 Å². The first-order valence-corrected chi connectivity index (χ1v) is 3.66. The van der Waals surface area contributed by atoms with Crippen LogP contribution in [0.15, 0.2) is 24.3 Å². The van der Waals surface area contributed by atoms with Gasteiger partial charge in [0.2, 0.25) is 0 Å². The zero-order chi connectivity index (χ0) is 8.97. The number of carbonyl (C=O) groups excluding carboxylic acids is 1. The van der Waals surface area contributed by atoms with Gasteiger partial charge in [0.1, 0.15) is 12.0 Å². The summed E-state index contributed by atoms with van der Waals surface area (Å²) in [6.07, 6.45) is 3.79. The second kappa shape index (κ2) is 3.72. The third-order valence-electron chi connectivity index (χ3n) is 1.70. The van der Waals surface area contributed by atoms with Crippen molar-refractivity contribution >= 4 is 12.4 Å². The van der Waals surface area contributed by atoms with E-state index in [0.717, 1.165) is 11.1 Å². The van der Waals surface area contributed by atoms with Crippen LogP contribution in [0, 0.1) is 6.92 Å². The molecular formula is C10H10O2. The van der Waals surface area contributed by atoms with E-state index >= 15 is 0 Å². The molecule has 0 amide bonds. The number of aromatic hydroxyl groups is 1. The van der Waals surface area contributed by atoms with Crippen molar-refractivity contribution in [3.63, 3.8) is 0 Å². The molecule has 0 spiro atoms. The lowest BCUT2D eigenvalue weighted by atomic mass is 10.1. The first kappa shape index (κ1) is 8.53. The molecule has 0 atom stereocenters. The number of hydrogen-bond donors (Lipinski definition) is 1. The summed E-state index contributed by atoms with van der Waals surface area (Å²) in [6.45, 7) is 1.81. The molecule has 0 saturated heterocycles. The van der Waals surface area contributed by atoms with E-state index in [1.807, 2.05) is 6.07 Å². The number of hydrogen-bond acceptors (Lipinski definition) is 2. The van der Waals surface area contributed by atoms with Crippen molar-refractivity contribution in [3.05, 3.63) is 35.4 Å². The molecule has 0 fully saturated rings. The molecule has 2 nitrogen and oxygen atoms in total. The second-order valence-corrected chi connectivity index (χ2v) is 2.49. The second-order valence-electron chi connectivity index (χ2n) is 2.49. The molecule has 62 valence electrons. The zero-order valence-corrected chi connectivity index (χ0v) is 6.82. The van der Waals surface area contributed by atoms with E-state index in [9.17, 15) is 9.90 Å².